The molecule has 0 unspecified atom stereocenters. The maximum absolute atomic E-state index is 13.5. The monoisotopic (exact) mass is 379 g/mol. The van der Waals surface area contributed by atoms with Crippen LogP contribution in [0.5, 0.6) is 0 Å². The van der Waals surface area contributed by atoms with Crippen LogP contribution in [0, 0.1) is 6.92 Å². The Balaban J connectivity index is 1.89. The molecular formula is C24H31N2O2+. The molecule has 2 aromatic rings. The lowest BCUT2D eigenvalue weighted by Crippen LogP contribution is -2.43. The number of benzene rings is 1. The predicted octanol–water partition coefficient (Wildman–Crippen LogP) is 4.94. The second kappa shape index (κ2) is 8.02. The molecule has 2 aliphatic carbocycles. The first-order valence-electron chi connectivity index (χ1n) is 11.0. The van der Waals surface area contributed by atoms with Crippen molar-refractivity contribution in [1.29, 1.82) is 0 Å². The van der Waals surface area contributed by atoms with E-state index in [0.717, 1.165) is 38.1 Å². The van der Waals surface area contributed by atoms with E-state index in [1.54, 1.807) is 12.1 Å². The lowest BCUT2D eigenvalue weighted by molar-refractivity contribution is -0.704. The maximum Gasteiger partial charge on any atom is 0.254 e. The van der Waals surface area contributed by atoms with E-state index in [0.29, 0.717) is 28.6 Å². The molecule has 0 radical (unpaired) electrons. The summed E-state index contributed by atoms with van der Waals surface area (Å²) in [5, 5.41) is 0. The van der Waals surface area contributed by atoms with Crippen molar-refractivity contribution in [2.24, 2.45) is 0 Å². The molecule has 1 heterocycles. The van der Waals surface area contributed by atoms with Gasteiger partial charge in [-0.1, -0.05) is 56.9 Å². The topological polar surface area (TPSA) is 43.0 Å². The predicted molar refractivity (Wildman–Crippen MR) is 109 cm³/mol. The molecule has 0 atom stereocenters. The summed E-state index contributed by atoms with van der Waals surface area (Å²) in [7, 11) is 0. The number of hydrogen-bond donors (Lipinski definition) is 0. The third kappa shape index (κ3) is 3.13. The smallest absolute Gasteiger partial charge is 0.254 e. The molecule has 0 N–H and O–H groups in total. The third-order valence-electron chi connectivity index (χ3n) is 6.50. The molecule has 4 rings (SSSR count). The Morgan fingerprint density at radius 1 is 0.964 bits per heavy atom. The lowest BCUT2D eigenvalue weighted by atomic mass is 9.89. The van der Waals surface area contributed by atoms with Gasteiger partial charge in [-0.3, -0.25) is 9.59 Å². The summed E-state index contributed by atoms with van der Waals surface area (Å²) in [5.74, 6) is 1.10. The van der Waals surface area contributed by atoms with Crippen LogP contribution in [0.15, 0.2) is 24.3 Å². The first-order valence-corrected chi connectivity index (χ1v) is 11.0. The second-order valence-corrected chi connectivity index (χ2v) is 8.32. The third-order valence-corrected chi connectivity index (χ3v) is 6.50. The molecule has 28 heavy (non-hydrogen) atoms. The van der Waals surface area contributed by atoms with Crippen molar-refractivity contribution >= 4 is 11.6 Å². The lowest BCUT2D eigenvalue weighted by Gasteiger charge is -2.20. The first-order chi connectivity index (χ1) is 13.6. The average Bonchev–Trinajstić information content (AvgIpc) is 2.97. The number of unbranched alkanes of at least 4 members (excludes halogenated alkanes) is 1. The van der Waals surface area contributed by atoms with E-state index in [2.05, 4.69) is 23.0 Å². The highest BCUT2D eigenvalue weighted by atomic mass is 16.1. The molecule has 0 aliphatic heterocycles. The van der Waals surface area contributed by atoms with E-state index in [4.69, 9.17) is 0 Å². The van der Waals surface area contributed by atoms with Gasteiger partial charge in [-0.2, -0.15) is 0 Å². The van der Waals surface area contributed by atoms with Crippen LogP contribution in [0.2, 0.25) is 0 Å². The first kappa shape index (κ1) is 19.1. The fourth-order valence-electron chi connectivity index (χ4n) is 5.01. The molecule has 0 spiro atoms. The van der Waals surface area contributed by atoms with Gasteiger partial charge < -0.3 is 0 Å². The van der Waals surface area contributed by atoms with Crippen molar-refractivity contribution in [1.82, 2.24) is 4.57 Å². The van der Waals surface area contributed by atoms with Gasteiger partial charge in [0.25, 0.3) is 5.82 Å². The van der Waals surface area contributed by atoms with Crippen LogP contribution in [0.3, 0.4) is 0 Å². The molecule has 0 bridgehead atoms. The van der Waals surface area contributed by atoms with Gasteiger partial charge in [0, 0.05) is 18.1 Å². The number of imidazole rings is 1. The molecule has 148 valence electrons. The average molecular weight is 380 g/mol. The fourth-order valence-corrected chi connectivity index (χ4v) is 5.01. The highest BCUT2D eigenvalue weighted by Crippen LogP contribution is 2.33. The molecule has 1 aromatic carbocycles. The van der Waals surface area contributed by atoms with E-state index in [-0.39, 0.29) is 11.6 Å². The van der Waals surface area contributed by atoms with Gasteiger partial charge in [0.1, 0.15) is 6.04 Å². The molecule has 1 aromatic heterocycles. The van der Waals surface area contributed by atoms with Crippen molar-refractivity contribution in [2.45, 2.75) is 84.2 Å². The summed E-state index contributed by atoms with van der Waals surface area (Å²) in [5.41, 5.74) is 2.38. The highest BCUT2D eigenvalue weighted by molar-refractivity contribution is 6.26. The molecular weight excluding hydrogens is 348 g/mol. The summed E-state index contributed by atoms with van der Waals surface area (Å²) < 4.78 is 4.38. The fraction of sp³-hybridized carbons (Fsp3) is 0.542. The van der Waals surface area contributed by atoms with Gasteiger partial charge in [-0.05, 0) is 32.1 Å². The second-order valence-electron chi connectivity index (χ2n) is 8.32. The van der Waals surface area contributed by atoms with Crippen LogP contribution in [-0.4, -0.2) is 16.1 Å². The quantitative estimate of drug-likeness (QED) is 0.602. The maximum atomic E-state index is 13.5. The molecule has 1 fully saturated rings. The summed E-state index contributed by atoms with van der Waals surface area (Å²) in [6.07, 6.45) is 10.5. The molecule has 4 heteroatoms. The van der Waals surface area contributed by atoms with E-state index >= 15 is 0 Å². The Hall–Kier alpha value is -2.23. The van der Waals surface area contributed by atoms with Crippen LogP contribution >= 0.6 is 0 Å². The number of carbonyl (C=O) groups excluding carboxylic acids is 2. The molecule has 2 aliphatic rings. The number of nitrogens with zero attached hydrogens (tertiary/aromatic N) is 2. The zero-order valence-corrected chi connectivity index (χ0v) is 17.2. The zero-order chi connectivity index (χ0) is 19.7. The standard InChI is InChI=1S/C24H31N2O2/c1-3-4-16-25-17(2)26(18-12-8-6-5-7-9-13-18)22-21(25)23(27)19-14-10-11-15-20(19)24(22)28/h10-11,14-15,18H,3-9,12-13,16H2,1-2H3/q+1. The van der Waals surface area contributed by atoms with Crippen LogP contribution in [-0.2, 0) is 6.54 Å². The summed E-state index contributed by atoms with van der Waals surface area (Å²) in [6.45, 7) is 5.06. The van der Waals surface area contributed by atoms with Gasteiger partial charge >= 0.3 is 0 Å². The Kier molecular flexibility index (Phi) is 5.47. The number of carbonyl (C=O) groups is 2. The van der Waals surface area contributed by atoms with Gasteiger partial charge in [-0.15, -0.1) is 0 Å². The van der Waals surface area contributed by atoms with E-state index in [9.17, 15) is 9.59 Å². The normalized spacial score (nSPS) is 17.8. The number of hydrogen-bond acceptors (Lipinski definition) is 2. The minimum absolute atomic E-state index is 0.00833. The van der Waals surface area contributed by atoms with Crippen molar-refractivity contribution in [2.75, 3.05) is 0 Å². The van der Waals surface area contributed by atoms with Crippen molar-refractivity contribution in [3.63, 3.8) is 0 Å². The number of rotatable bonds is 4. The van der Waals surface area contributed by atoms with Crippen LogP contribution in [0.1, 0.15) is 109 Å². The van der Waals surface area contributed by atoms with Crippen molar-refractivity contribution in [3.05, 3.63) is 52.6 Å². The summed E-state index contributed by atoms with van der Waals surface area (Å²) >= 11 is 0. The van der Waals surface area contributed by atoms with E-state index in [1.165, 1.54) is 32.1 Å². The minimum Gasteiger partial charge on any atom is -0.284 e. The van der Waals surface area contributed by atoms with Crippen LogP contribution in [0.25, 0.3) is 0 Å². The van der Waals surface area contributed by atoms with Gasteiger partial charge in [0.2, 0.25) is 23.0 Å². The summed E-state index contributed by atoms with van der Waals surface area (Å²) in [6, 6.07) is 7.63. The van der Waals surface area contributed by atoms with Crippen molar-refractivity contribution in [3.8, 4) is 0 Å². The Morgan fingerprint density at radius 3 is 2.21 bits per heavy atom. The number of ketones is 2. The highest BCUT2D eigenvalue weighted by Gasteiger charge is 2.44. The Labute approximate surface area is 167 Å². The molecule has 0 amide bonds. The van der Waals surface area contributed by atoms with Crippen LogP contribution in [0.4, 0.5) is 0 Å². The van der Waals surface area contributed by atoms with Gasteiger partial charge in [-0.25, -0.2) is 9.13 Å². The van der Waals surface area contributed by atoms with Gasteiger partial charge in [0.05, 0.1) is 6.54 Å². The number of aromatic nitrogens is 2. The largest absolute Gasteiger partial charge is 0.284 e. The molecule has 1 saturated carbocycles. The van der Waals surface area contributed by atoms with Gasteiger partial charge in [0.15, 0.2) is 0 Å². The van der Waals surface area contributed by atoms with E-state index in [1.807, 2.05) is 12.1 Å². The molecule has 0 saturated heterocycles. The number of fused-ring (bicyclic) bond motifs is 2. The minimum atomic E-state index is 0.00833. The Morgan fingerprint density at radius 2 is 1.57 bits per heavy atom. The zero-order valence-electron chi connectivity index (χ0n) is 17.2. The SMILES string of the molecule is CCCC[n+]1c2c(n(C3CCCCCCC3)c1C)C(=O)c1ccccc1C2=O. The summed E-state index contributed by atoms with van der Waals surface area (Å²) in [4.78, 5) is 26.9. The van der Waals surface area contributed by atoms with Crippen molar-refractivity contribution < 1.29 is 14.2 Å². The Bertz CT molecular complexity index is 902. The van der Waals surface area contributed by atoms with Crippen LogP contribution < -0.4 is 4.57 Å². The van der Waals surface area contributed by atoms with E-state index < -0.39 is 0 Å². The molecule has 4 nitrogen and oxygen atoms in total.